The fraction of sp³-hybridized carbons (Fsp3) is 0.304. The third-order valence-corrected chi connectivity index (χ3v) is 6.34. The number of nitrogens with zero attached hydrogens (tertiary/aromatic N) is 3. The highest BCUT2D eigenvalue weighted by atomic mass is 32.1. The van der Waals surface area contributed by atoms with Gasteiger partial charge in [0.15, 0.2) is 10.9 Å². The number of carbonyl (C=O) groups excluding carboxylic acids is 3. The lowest BCUT2D eigenvalue weighted by Crippen LogP contribution is -2.49. The minimum atomic E-state index is -0.440. The summed E-state index contributed by atoms with van der Waals surface area (Å²) in [4.78, 5) is 44.4. The van der Waals surface area contributed by atoms with E-state index in [2.05, 4.69) is 10.3 Å². The van der Waals surface area contributed by atoms with Crippen molar-refractivity contribution < 1.29 is 23.2 Å². The largest absolute Gasteiger partial charge is 0.469 e. The maximum Gasteiger partial charge on any atom is 0.260 e. The molecule has 4 rings (SSSR count). The molecule has 0 spiro atoms. The van der Waals surface area contributed by atoms with Crippen LogP contribution in [0.25, 0.3) is 0 Å². The Morgan fingerprint density at radius 2 is 1.94 bits per heavy atom. The topological polar surface area (TPSA) is 95.8 Å². The Morgan fingerprint density at radius 3 is 2.58 bits per heavy atom. The molecule has 0 saturated carbocycles. The fourth-order valence-electron chi connectivity index (χ4n) is 3.68. The third-order valence-electron chi connectivity index (χ3n) is 5.54. The van der Waals surface area contributed by atoms with Crippen molar-refractivity contribution in [1.29, 1.82) is 0 Å². The van der Waals surface area contributed by atoms with E-state index >= 15 is 0 Å². The summed E-state index contributed by atoms with van der Waals surface area (Å²) in [5.41, 5.74) is 1.79. The maximum atomic E-state index is 14.4. The second-order valence-corrected chi connectivity index (χ2v) is 8.61. The highest BCUT2D eigenvalue weighted by molar-refractivity contribution is 7.14. The first-order valence-electron chi connectivity index (χ1n) is 10.4. The molecule has 2 aromatic heterocycles. The van der Waals surface area contributed by atoms with Crippen LogP contribution in [0.15, 0.2) is 40.3 Å². The summed E-state index contributed by atoms with van der Waals surface area (Å²) in [6.45, 7) is 5.00. The van der Waals surface area contributed by atoms with Gasteiger partial charge in [-0.2, -0.15) is 0 Å². The Morgan fingerprint density at radius 1 is 1.18 bits per heavy atom. The van der Waals surface area contributed by atoms with E-state index in [1.54, 1.807) is 35.4 Å². The van der Waals surface area contributed by atoms with Crippen LogP contribution in [0.2, 0.25) is 0 Å². The summed E-state index contributed by atoms with van der Waals surface area (Å²) in [7, 11) is 0. The SMILES string of the molecule is CC(=O)c1ccc(N2CCN(C(=O)Cc3csc(NC(=O)c4ccoc4C)n3)CC2)c(F)c1. The molecule has 10 heteroatoms. The zero-order valence-electron chi connectivity index (χ0n) is 18.3. The second-order valence-electron chi connectivity index (χ2n) is 7.76. The van der Waals surface area contributed by atoms with E-state index in [9.17, 15) is 18.8 Å². The zero-order chi connectivity index (χ0) is 23.5. The first-order valence-corrected chi connectivity index (χ1v) is 11.3. The Balaban J connectivity index is 1.30. The van der Waals surface area contributed by atoms with Crippen LogP contribution in [-0.2, 0) is 11.2 Å². The molecule has 0 aliphatic carbocycles. The average Bonchev–Trinajstić information content (AvgIpc) is 3.42. The van der Waals surface area contributed by atoms with E-state index in [1.165, 1.54) is 30.6 Å². The van der Waals surface area contributed by atoms with Gasteiger partial charge in [0.1, 0.15) is 11.6 Å². The van der Waals surface area contributed by atoms with Crippen molar-refractivity contribution in [2.24, 2.45) is 0 Å². The Bertz CT molecular complexity index is 1200. The summed E-state index contributed by atoms with van der Waals surface area (Å²) in [5.74, 6) is -0.486. The molecule has 0 unspecified atom stereocenters. The minimum Gasteiger partial charge on any atom is -0.469 e. The van der Waals surface area contributed by atoms with E-state index in [0.717, 1.165) is 0 Å². The number of nitrogens with one attached hydrogen (secondary N) is 1. The lowest BCUT2D eigenvalue weighted by molar-refractivity contribution is -0.130. The number of carbonyl (C=O) groups is 3. The summed E-state index contributed by atoms with van der Waals surface area (Å²) < 4.78 is 19.6. The number of hydrogen-bond acceptors (Lipinski definition) is 7. The van der Waals surface area contributed by atoms with Crippen LogP contribution in [0.1, 0.15) is 39.1 Å². The Labute approximate surface area is 194 Å². The highest BCUT2D eigenvalue weighted by Gasteiger charge is 2.24. The molecule has 172 valence electrons. The first-order chi connectivity index (χ1) is 15.8. The Hall–Kier alpha value is -3.53. The first kappa shape index (κ1) is 22.7. The molecule has 1 N–H and O–H groups in total. The number of aromatic nitrogens is 1. The molecular weight excluding hydrogens is 447 g/mol. The molecule has 8 nitrogen and oxygen atoms in total. The number of Topliss-reactive ketones (excluding diaryl/α,β-unsaturated/α-hetero) is 1. The quantitative estimate of drug-likeness (QED) is 0.554. The molecule has 0 bridgehead atoms. The minimum absolute atomic E-state index is 0.0732. The van der Waals surface area contributed by atoms with Gasteiger partial charge in [0.05, 0.1) is 29.6 Å². The van der Waals surface area contributed by atoms with E-state index in [-0.39, 0.29) is 24.0 Å². The van der Waals surface area contributed by atoms with Crippen LogP contribution >= 0.6 is 11.3 Å². The zero-order valence-corrected chi connectivity index (χ0v) is 19.1. The van der Waals surface area contributed by atoms with E-state index < -0.39 is 5.82 Å². The fourth-order valence-corrected chi connectivity index (χ4v) is 4.38. The number of anilines is 2. The number of aryl methyl sites for hydroxylation is 1. The number of benzene rings is 1. The van der Waals surface area contributed by atoms with E-state index in [0.29, 0.717) is 59.6 Å². The summed E-state index contributed by atoms with van der Waals surface area (Å²) in [5, 5.41) is 4.88. The molecule has 33 heavy (non-hydrogen) atoms. The van der Waals surface area contributed by atoms with Crippen LogP contribution in [0.3, 0.4) is 0 Å². The lowest BCUT2D eigenvalue weighted by Gasteiger charge is -2.36. The number of piperazine rings is 1. The third kappa shape index (κ3) is 5.11. The maximum absolute atomic E-state index is 14.4. The van der Waals surface area contributed by atoms with Crippen molar-refractivity contribution in [2.45, 2.75) is 20.3 Å². The molecule has 0 atom stereocenters. The summed E-state index contributed by atoms with van der Waals surface area (Å²) in [6.07, 6.45) is 1.57. The molecule has 1 saturated heterocycles. The highest BCUT2D eigenvalue weighted by Crippen LogP contribution is 2.23. The van der Waals surface area contributed by atoms with Crippen LogP contribution in [0.5, 0.6) is 0 Å². The second kappa shape index (κ2) is 9.53. The van der Waals surface area contributed by atoms with Crippen molar-refractivity contribution >= 4 is 39.8 Å². The number of ketones is 1. The van der Waals surface area contributed by atoms with Gasteiger partial charge in [-0.3, -0.25) is 19.7 Å². The molecule has 3 heterocycles. The van der Waals surface area contributed by atoms with Crippen LogP contribution in [0, 0.1) is 12.7 Å². The predicted octanol–water partition coefficient (Wildman–Crippen LogP) is 3.53. The normalized spacial score (nSPS) is 13.8. The number of amides is 2. The van der Waals surface area contributed by atoms with E-state index in [1.807, 2.05) is 4.90 Å². The van der Waals surface area contributed by atoms with Gasteiger partial charge in [0.25, 0.3) is 5.91 Å². The van der Waals surface area contributed by atoms with Crippen molar-refractivity contribution in [3.8, 4) is 0 Å². The monoisotopic (exact) mass is 470 g/mol. The van der Waals surface area contributed by atoms with Gasteiger partial charge in [-0.25, -0.2) is 9.37 Å². The molecule has 1 aromatic carbocycles. The molecule has 0 radical (unpaired) electrons. The van der Waals surface area contributed by atoms with Gasteiger partial charge >= 0.3 is 0 Å². The van der Waals surface area contributed by atoms with Crippen LogP contribution in [0.4, 0.5) is 15.2 Å². The number of furan rings is 1. The Kier molecular flexibility index (Phi) is 6.55. The standard InChI is InChI=1S/C23H23FN4O4S/c1-14(29)16-3-4-20(19(24)11-16)27-6-8-28(9-7-27)21(30)12-17-13-33-23(25-17)26-22(31)18-5-10-32-15(18)2/h3-5,10-11,13H,6-9,12H2,1-2H3,(H,25,26,31). The molecule has 1 aliphatic heterocycles. The lowest BCUT2D eigenvalue weighted by atomic mass is 10.1. The van der Waals surface area contributed by atoms with Crippen molar-refractivity contribution in [1.82, 2.24) is 9.88 Å². The molecule has 1 aliphatic rings. The smallest absolute Gasteiger partial charge is 0.260 e. The summed E-state index contributed by atoms with van der Waals surface area (Å²) >= 11 is 1.25. The molecule has 2 amide bonds. The molecule has 3 aromatic rings. The van der Waals surface area contributed by atoms with Crippen molar-refractivity contribution in [3.05, 3.63) is 64.3 Å². The van der Waals surface area contributed by atoms with Crippen molar-refractivity contribution in [3.63, 3.8) is 0 Å². The number of thiazole rings is 1. The van der Waals surface area contributed by atoms with Gasteiger partial charge in [0.2, 0.25) is 5.91 Å². The summed E-state index contributed by atoms with van der Waals surface area (Å²) in [6, 6.07) is 6.07. The number of hydrogen-bond donors (Lipinski definition) is 1. The number of halogens is 1. The number of rotatable bonds is 6. The molecular formula is C23H23FN4O4S. The van der Waals surface area contributed by atoms with Crippen LogP contribution < -0.4 is 10.2 Å². The van der Waals surface area contributed by atoms with Gasteiger partial charge < -0.3 is 14.2 Å². The van der Waals surface area contributed by atoms with Gasteiger partial charge in [0, 0.05) is 37.1 Å². The van der Waals surface area contributed by atoms with Crippen molar-refractivity contribution in [2.75, 3.05) is 36.4 Å². The van der Waals surface area contributed by atoms with E-state index in [4.69, 9.17) is 4.42 Å². The molecule has 1 fully saturated rings. The predicted molar refractivity (Wildman–Crippen MR) is 122 cm³/mol. The van der Waals surface area contributed by atoms with Crippen LogP contribution in [-0.4, -0.2) is 53.7 Å². The van der Waals surface area contributed by atoms with Gasteiger partial charge in [-0.15, -0.1) is 11.3 Å². The van der Waals surface area contributed by atoms with Gasteiger partial charge in [-0.1, -0.05) is 0 Å². The van der Waals surface area contributed by atoms with Gasteiger partial charge in [-0.05, 0) is 38.1 Å². The average molecular weight is 471 g/mol.